The van der Waals surface area contributed by atoms with Gasteiger partial charge in [-0.25, -0.2) is 9.67 Å². The van der Waals surface area contributed by atoms with E-state index in [1.165, 1.54) is 12.8 Å². The first-order chi connectivity index (χ1) is 9.10. The van der Waals surface area contributed by atoms with Gasteiger partial charge in [0.2, 0.25) is 0 Å². The van der Waals surface area contributed by atoms with Crippen molar-refractivity contribution in [1.29, 1.82) is 0 Å². The molecule has 108 valence electrons. The number of hydrogen-bond donors (Lipinski definition) is 1. The Labute approximate surface area is 116 Å². The maximum absolute atomic E-state index is 4.42. The second kappa shape index (κ2) is 6.01. The Morgan fingerprint density at radius 3 is 2.74 bits per heavy atom. The zero-order chi connectivity index (χ0) is 13.9. The van der Waals surface area contributed by atoms with Crippen LogP contribution in [0.3, 0.4) is 0 Å². The summed E-state index contributed by atoms with van der Waals surface area (Å²) in [5.41, 5.74) is 0.279. The van der Waals surface area contributed by atoms with E-state index in [9.17, 15) is 0 Å². The number of nitrogens with one attached hydrogen (secondary N) is 1. The number of rotatable bonds is 5. The van der Waals surface area contributed by atoms with E-state index in [-0.39, 0.29) is 5.54 Å². The third kappa shape index (κ3) is 3.15. The van der Waals surface area contributed by atoms with Crippen LogP contribution in [0.1, 0.15) is 52.4 Å². The van der Waals surface area contributed by atoms with E-state index >= 15 is 0 Å². The average molecular weight is 265 g/mol. The minimum Gasteiger partial charge on any atom is -0.309 e. The van der Waals surface area contributed by atoms with Crippen LogP contribution in [-0.2, 0) is 6.54 Å². The molecule has 5 heteroatoms. The Balaban J connectivity index is 2.04. The highest BCUT2D eigenvalue weighted by Crippen LogP contribution is 2.21. The number of hydrogen-bond acceptors (Lipinski definition) is 4. The van der Waals surface area contributed by atoms with Gasteiger partial charge in [-0.3, -0.25) is 4.90 Å². The second-order valence-corrected chi connectivity index (χ2v) is 5.84. The fourth-order valence-electron chi connectivity index (χ4n) is 2.92. The lowest BCUT2D eigenvalue weighted by atomic mass is 9.90. The summed E-state index contributed by atoms with van der Waals surface area (Å²) in [6, 6.07) is 0.377. The standard InChI is InChI=1S/C14H27N5/c1-5-14(6-2)10-18(8-7-16-14)9-13-15-11-17-19(13)12(3)4/h11-12,16H,5-10H2,1-4H3. The van der Waals surface area contributed by atoms with Gasteiger partial charge >= 0.3 is 0 Å². The van der Waals surface area contributed by atoms with Gasteiger partial charge < -0.3 is 5.32 Å². The van der Waals surface area contributed by atoms with Crippen LogP contribution < -0.4 is 5.32 Å². The highest BCUT2D eigenvalue weighted by molar-refractivity contribution is 4.95. The SMILES string of the molecule is CCC1(CC)CN(Cc2ncnn2C(C)C)CCN1. The van der Waals surface area contributed by atoms with Crippen LogP contribution in [0.2, 0.25) is 0 Å². The van der Waals surface area contributed by atoms with Crippen molar-refractivity contribution in [1.82, 2.24) is 25.0 Å². The molecule has 1 aliphatic rings. The molecule has 0 aromatic carbocycles. The van der Waals surface area contributed by atoms with Crippen molar-refractivity contribution in [2.45, 2.75) is 58.7 Å². The van der Waals surface area contributed by atoms with Gasteiger partial charge in [0.15, 0.2) is 0 Å². The normalized spacial score (nSPS) is 20.1. The summed E-state index contributed by atoms with van der Waals surface area (Å²) in [6.45, 7) is 13.0. The molecule has 0 bridgehead atoms. The van der Waals surface area contributed by atoms with Crippen molar-refractivity contribution in [2.75, 3.05) is 19.6 Å². The Kier molecular flexibility index (Phi) is 4.58. The van der Waals surface area contributed by atoms with Crippen molar-refractivity contribution in [2.24, 2.45) is 0 Å². The Hall–Kier alpha value is -0.940. The van der Waals surface area contributed by atoms with E-state index in [2.05, 4.69) is 48.0 Å². The lowest BCUT2D eigenvalue weighted by Gasteiger charge is -2.43. The van der Waals surface area contributed by atoms with E-state index in [0.29, 0.717) is 6.04 Å². The third-order valence-electron chi connectivity index (χ3n) is 4.31. The van der Waals surface area contributed by atoms with Gasteiger partial charge in [-0.1, -0.05) is 13.8 Å². The van der Waals surface area contributed by atoms with Crippen LogP contribution in [0.4, 0.5) is 0 Å². The summed E-state index contributed by atoms with van der Waals surface area (Å²) in [7, 11) is 0. The Morgan fingerprint density at radius 2 is 2.11 bits per heavy atom. The number of aromatic nitrogens is 3. The summed E-state index contributed by atoms with van der Waals surface area (Å²) < 4.78 is 2.03. The van der Waals surface area contributed by atoms with Gasteiger partial charge in [0, 0.05) is 31.2 Å². The fourth-order valence-corrected chi connectivity index (χ4v) is 2.92. The molecule has 0 spiro atoms. The molecule has 0 unspecified atom stereocenters. The molecule has 19 heavy (non-hydrogen) atoms. The molecule has 2 rings (SSSR count). The van der Waals surface area contributed by atoms with Crippen LogP contribution in [0, 0.1) is 0 Å². The molecule has 1 aromatic heterocycles. The number of piperazine rings is 1. The van der Waals surface area contributed by atoms with E-state index in [0.717, 1.165) is 32.0 Å². The molecule has 1 fully saturated rings. The van der Waals surface area contributed by atoms with Gasteiger partial charge in [-0.05, 0) is 26.7 Å². The van der Waals surface area contributed by atoms with Gasteiger partial charge in [0.25, 0.3) is 0 Å². The second-order valence-electron chi connectivity index (χ2n) is 5.84. The highest BCUT2D eigenvalue weighted by atomic mass is 15.4. The molecule has 5 nitrogen and oxygen atoms in total. The molecular formula is C14H27N5. The van der Waals surface area contributed by atoms with Crippen LogP contribution in [-0.4, -0.2) is 44.8 Å². The molecule has 0 aliphatic carbocycles. The molecule has 2 heterocycles. The molecule has 1 aromatic rings. The first kappa shape index (κ1) is 14.5. The molecule has 0 radical (unpaired) electrons. The van der Waals surface area contributed by atoms with Crippen molar-refractivity contribution in [3.8, 4) is 0 Å². The van der Waals surface area contributed by atoms with Crippen molar-refractivity contribution in [3.63, 3.8) is 0 Å². The van der Waals surface area contributed by atoms with Gasteiger partial charge in [0.05, 0.1) is 6.54 Å². The van der Waals surface area contributed by atoms with Crippen LogP contribution in [0.15, 0.2) is 6.33 Å². The Bertz CT molecular complexity index is 394. The zero-order valence-corrected chi connectivity index (χ0v) is 12.7. The van der Waals surface area contributed by atoms with E-state index < -0.39 is 0 Å². The quantitative estimate of drug-likeness (QED) is 0.882. The lowest BCUT2D eigenvalue weighted by molar-refractivity contribution is 0.114. The summed E-state index contributed by atoms with van der Waals surface area (Å²) in [4.78, 5) is 6.93. The van der Waals surface area contributed by atoms with Crippen LogP contribution in [0.5, 0.6) is 0 Å². The summed E-state index contributed by atoms with van der Waals surface area (Å²) in [5, 5.41) is 8.02. The van der Waals surface area contributed by atoms with Gasteiger partial charge in [0.1, 0.15) is 12.2 Å². The molecule has 0 saturated carbocycles. The molecule has 0 amide bonds. The predicted molar refractivity (Wildman–Crippen MR) is 77.0 cm³/mol. The molecule has 1 aliphatic heterocycles. The van der Waals surface area contributed by atoms with Crippen molar-refractivity contribution in [3.05, 3.63) is 12.2 Å². The van der Waals surface area contributed by atoms with Crippen molar-refractivity contribution >= 4 is 0 Å². The topological polar surface area (TPSA) is 46.0 Å². The molecular weight excluding hydrogens is 238 g/mol. The van der Waals surface area contributed by atoms with E-state index in [4.69, 9.17) is 0 Å². The smallest absolute Gasteiger partial charge is 0.141 e. The summed E-state index contributed by atoms with van der Waals surface area (Å²) in [6.07, 6.45) is 4.03. The molecule has 1 saturated heterocycles. The zero-order valence-electron chi connectivity index (χ0n) is 12.7. The van der Waals surface area contributed by atoms with Crippen molar-refractivity contribution < 1.29 is 0 Å². The maximum atomic E-state index is 4.42. The third-order valence-corrected chi connectivity index (χ3v) is 4.31. The average Bonchev–Trinajstić information content (AvgIpc) is 2.87. The highest BCUT2D eigenvalue weighted by Gasteiger charge is 2.32. The van der Waals surface area contributed by atoms with Crippen LogP contribution in [0.25, 0.3) is 0 Å². The minimum absolute atomic E-state index is 0.279. The lowest BCUT2D eigenvalue weighted by Crippen LogP contribution is -2.59. The van der Waals surface area contributed by atoms with Crippen LogP contribution >= 0.6 is 0 Å². The minimum atomic E-state index is 0.279. The van der Waals surface area contributed by atoms with E-state index in [1.54, 1.807) is 6.33 Å². The summed E-state index contributed by atoms with van der Waals surface area (Å²) >= 11 is 0. The first-order valence-electron chi connectivity index (χ1n) is 7.46. The molecule has 1 N–H and O–H groups in total. The van der Waals surface area contributed by atoms with E-state index in [1.807, 2.05) is 4.68 Å². The molecule has 0 atom stereocenters. The maximum Gasteiger partial charge on any atom is 0.141 e. The Morgan fingerprint density at radius 1 is 1.37 bits per heavy atom. The largest absolute Gasteiger partial charge is 0.309 e. The monoisotopic (exact) mass is 265 g/mol. The summed E-state index contributed by atoms with van der Waals surface area (Å²) in [5.74, 6) is 1.08. The number of nitrogens with zero attached hydrogens (tertiary/aromatic N) is 4. The van der Waals surface area contributed by atoms with Gasteiger partial charge in [-0.2, -0.15) is 5.10 Å². The van der Waals surface area contributed by atoms with Gasteiger partial charge in [-0.15, -0.1) is 0 Å². The first-order valence-corrected chi connectivity index (χ1v) is 7.46. The fraction of sp³-hybridized carbons (Fsp3) is 0.857. The predicted octanol–water partition coefficient (Wildman–Crippen LogP) is 1.82.